The number of halogens is 2. The molecule has 0 N–H and O–H groups in total. The molecule has 6 nitrogen and oxygen atoms in total. The quantitative estimate of drug-likeness (QED) is 0.598. The van der Waals surface area contributed by atoms with Gasteiger partial charge in [0.05, 0.1) is 20.9 Å². The lowest BCUT2D eigenvalue weighted by Gasteiger charge is -2.09. The van der Waals surface area contributed by atoms with E-state index < -0.39 is 17.5 Å². The second kappa shape index (κ2) is 5.00. The van der Waals surface area contributed by atoms with Gasteiger partial charge in [0.25, 0.3) is 5.69 Å². The molecule has 0 aliphatic heterocycles. The van der Waals surface area contributed by atoms with Crippen LogP contribution in [0.15, 0.2) is 12.1 Å². The molecule has 1 aromatic carbocycles. The fourth-order valence-corrected chi connectivity index (χ4v) is 1.51. The van der Waals surface area contributed by atoms with Gasteiger partial charge in [-0.2, -0.15) is 0 Å². The van der Waals surface area contributed by atoms with Crippen LogP contribution >= 0.6 is 23.2 Å². The van der Waals surface area contributed by atoms with Gasteiger partial charge in [-0.25, -0.2) is 0 Å². The van der Waals surface area contributed by atoms with Gasteiger partial charge in [-0.3, -0.25) is 10.1 Å². The molecule has 0 unspecified atom stereocenters. The molecule has 86 valence electrons. The van der Waals surface area contributed by atoms with Gasteiger partial charge in [-0.1, -0.05) is 23.2 Å². The summed E-state index contributed by atoms with van der Waals surface area (Å²) >= 11 is 11.3. The second-order valence-electron chi connectivity index (χ2n) is 2.66. The monoisotopic (exact) mass is 264 g/mol. The van der Waals surface area contributed by atoms with E-state index in [4.69, 9.17) is 27.9 Å². The van der Waals surface area contributed by atoms with Crippen LogP contribution in [0, 0.1) is 10.1 Å². The van der Waals surface area contributed by atoms with E-state index in [1.54, 1.807) is 0 Å². The molecule has 0 radical (unpaired) electrons. The Labute approximate surface area is 99.5 Å². The number of non-ortho nitro benzene ring substituents is 1. The van der Waals surface area contributed by atoms with E-state index in [2.05, 4.69) is 0 Å². The van der Waals surface area contributed by atoms with Gasteiger partial charge >= 0.3 is 0 Å². The second-order valence-corrected chi connectivity index (χ2v) is 3.47. The Hall–Kier alpha value is -1.53. The highest BCUT2D eigenvalue weighted by Gasteiger charge is 2.15. The lowest BCUT2D eigenvalue weighted by Crippen LogP contribution is -2.29. The molecule has 0 saturated heterocycles. The third-order valence-corrected chi connectivity index (χ3v) is 2.09. The van der Waals surface area contributed by atoms with Crippen LogP contribution < -0.4 is 9.84 Å². The lowest BCUT2D eigenvalue weighted by molar-refractivity contribution is -0.384. The molecule has 0 aliphatic rings. The minimum absolute atomic E-state index is 0.127. The van der Waals surface area contributed by atoms with Gasteiger partial charge in [0.1, 0.15) is 6.61 Å². The van der Waals surface area contributed by atoms with E-state index >= 15 is 0 Å². The number of benzene rings is 1. The summed E-state index contributed by atoms with van der Waals surface area (Å²) in [4.78, 5) is 19.9. The molecule has 0 saturated carbocycles. The van der Waals surface area contributed by atoms with E-state index in [0.717, 1.165) is 12.1 Å². The fourth-order valence-electron chi connectivity index (χ4n) is 0.921. The first-order valence-electron chi connectivity index (χ1n) is 3.88. The molecule has 0 atom stereocenters. The molecule has 0 bridgehead atoms. The number of nitro groups is 1. The van der Waals surface area contributed by atoms with Crippen LogP contribution in [0.1, 0.15) is 0 Å². The molecule has 0 amide bonds. The van der Waals surface area contributed by atoms with E-state index in [1.165, 1.54) is 0 Å². The Kier molecular flexibility index (Phi) is 3.92. The van der Waals surface area contributed by atoms with Gasteiger partial charge in [-0.05, 0) is 0 Å². The van der Waals surface area contributed by atoms with Gasteiger partial charge in [-0.15, -0.1) is 0 Å². The summed E-state index contributed by atoms with van der Waals surface area (Å²) in [5.74, 6) is -1.58. The van der Waals surface area contributed by atoms with Crippen LogP contribution in [0.5, 0.6) is 5.75 Å². The van der Waals surface area contributed by atoms with Crippen LogP contribution in [-0.4, -0.2) is 17.5 Å². The Balaban J connectivity index is 3.03. The van der Waals surface area contributed by atoms with E-state index in [-0.39, 0.29) is 21.5 Å². The number of carboxylic acids is 1. The highest BCUT2D eigenvalue weighted by molar-refractivity contribution is 6.37. The van der Waals surface area contributed by atoms with Crippen molar-refractivity contribution in [1.82, 2.24) is 0 Å². The van der Waals surface area contributed by atoms with Crippen molar-refractivity contribution in [2.45, 2.75) is 0 Å². The van der Waals surface area contributed by atoms with Crippen molar-refractivity contribution in [3.63, 3.8) is 0 Å². The van der Waals surface area contributed by atoms with Gasteiger partial charge in [0.15, 0.2) is 5.75 Å². The molecule has 16 heavy (non-hydrogen) atoms. The number of carbonyl (C=O) groups excluding carboxylic acids is 1. The minimum atomic E-state index is -1.45. The molecule has 0 heterocycles. The highest BCUT2D eigenvalue weighted by atomic mass is 35.5. The predicted molar refractivity (Wildman–Crippen MR) is 53.6 cm³/mol. The zero-order valence-corrected chi connectivity index (χ0v) is 9.12. The van der Waals surface area contributed by atoms with Crippen molar-refractivity contribution in [2.75, 3.05) is 6.61 Å². The number of carboxylic acid groups (broad SMARTS) is 1. The van der Waals surface area contributed by atoms with Gasteiger partial charge in [0, 0.05) is 12.1 Å². The first-order valence-corrected chi connectivity index (χ1v) is 4.63. The van der Waals surface area contributed by atoms with Crippen LogP contribution in [0.25, 0.3) is 0 Å². The van der Waals surface area contributed by atoms with E-state index in [9.17, 15) is 20.0 Å². The molecule has 0 fully saturated rings. The summed E-state index contributed by atoms with van der Waals surface area (Å²) in [7, 11) is 0. The largest absolute Gasteiger partial charge is 0.546 e. The van der Waals surface area contributed by atoms with Gasteiger partial charge < -0.3 is 14.6 Å². The smallest absolute Gasteiger partial charge is 0.272 e. The summed E-state index contributed by atoms with van der Waals surface area (Å²) < 4.78 is 4.72. The maximum Gasteiger partial charge on any atom is 0.272 e. The number of nitrogens with zero attached hydrogens (tertiary/aromatic N) is 1. The summed E-state index contributed by atoms with van der Waals surface area (Å²) in [5.41, 5.74) is -0.309. The maximum absolute atomic E-state index is 10.4. The van der Waals surface area contributed by atoms with Gasteiger partial charge in [0.2, 0.25) is 0 Å². The molecule has 0 aromatic heterocycles. The number of nitro benzene ring substituents is 1. The normalized spacial score (nSPS) is 9.88. The first-order chi connectivity index (χ1) is 7.41. The Morgan fingerprint density at radius 3 is 2.25 bits per heavy atom. The summed E-state index contributed by atoms with van der Waals surface area (Å²) in [6.07, 6.45) is 0. The molecular formula is C8H4Cl2NO5-. The number of ether oxygens (including phenoxy) is 1. The Morgan fingerprint density at radius 1 is 1.38 bits per heavy atom. The van der Waals surface area contributed by atoms with Crippen molar-refractivity contribution < 1.29 is 19.6 Å². The summed E-state index contributed by atoms with van der Waals surface area (Å²) in [5, 5.41) is 20.3. The zero-order valence-electron chi connectivity index (χ0n) is 7.61. The number of aliphatic carboxylic acids is 1. The molecule has 0 aliphatic carbocycles. The van der Waals surface area contributed by atoms with Crippen LogP contribution in [-0.2, 0) is 4.79 Å². The molecule has 8 heteroatoms. The van der Waals surface area contributed by atoms with Crippen molar-refractivity contribution in [3.8, 4) is 5.75 Å². The molecular weight excluding hydrogens is 261 g/mol. The zero-order chi connectivity index (χ0) is 12.3. The predicted octanol–water partition coefficient (Wildman–Crippen LogP) is 1.03. The lowest BCUT2D eigenvalue weighted by atomic mass is 10.3. The average molecular weight is 265 g/mol. The molecule has 1 aromatic rings. The topological polar surface area (TPSA) is 92.5 Å². The van der Waals surface area contributed by atoms with E-state index in [0.29, 0.717) is 0 Å². The van der Waals surface area contributed by atoms with Crippen molar-refractivity contribution in [3.05, 3.63) is 32.3 Å². The van der Waals surface area contributed by atoms with Crippen molar-refractivity contribution in [2.24, 2.45) is 0 Å². The number of carbonyl (C=O) groups is 1. The standard InChI is InChI=1S/C8H5Cl2NO5/c9-5-1-4(11(14)15)2-6(10)8(5)16-3-7(12)13/h1-2H,3H2,(H,12,13)/p-1. The summed E-state index contributed by atoms with van der Waals surface area (Å²) in [6, 6.07) is 2.02. The third kappa shape index (κ3) is 2.98. The minimum Gasteiger partial charge on any atom is -0.546 e. The third-order valence-electron chi connectivity index (χ3n) is 1.53. The number of rotatable bonds is 4. The Morgan fingerprint density at radius 2 is 1.88 bits per heavy atom. The Bertz CT molecular complexity index is 425. The van der Waals surface area contributed by atoms with Crippen molar-refractivity contribution in [1.29, 1.82) is 0 Å². The number of hydrogen-bond acceptors (Lipinski definition) is 5. The fraction of sp³-hybridized carbons (Fsp3) is 0.125. The average Bonchev–Trinajstić information content (AvgIpc) is 2.15. The molecule has 1 rings (SSSR count). The maximum atomic E-state index is 10.4. The van der Waals surface area contributed by atoms with Crippen LogP contribution in [0.3, 0.4) is 0 Å². The van der Waals surface area contributed by atoms with Crippen LogP contribution in [0.4, 0.5) is 5.69 Å². The summed E-state index contributed by atoms with van der Waals surface area (Å²) in [6.45, 7) is -0.739. The first kappa shape index (κ1) is 12.5. The SMILES string of the molecule is O=C([O-])COc1c(Cl)cc([N+](=O)[O-])cc1Cl. The number of hydrogen-bond donors (Lipinski definition) is 0. The van der Waals surface area contributed by atoms with E-state index in [1.807, 2.05) is 0 Å². The van der Waals surface area contributed by atoms with Crippen molar-refractivity contribution >= 4 is 34.9 Å². The molecule has 0 spiro atoms. The van der Waals surface area contributed by atoms with Crippen LogP contribution in [0.2, 0.25) is 10.0 Å². The highest BCUT2D eigenvalue weighted by Crippen LogP contribution is 2.36.